The Morgan fingerprint density at radius 2 is 1.50 bits per heavy atom. The number of carbonyl (C=O) groups excluding carboxylic acids is 2. The molecule has 0 saturated carbocycles. The molecule has 0 spiro atoms. The molecule has 1 aliphatic rings. The summed E-state index contributed by atoms with van der Waals surface area (Å²) in [7, 11) is 0. The third-order valence-electron chi connectivity index (χ3n) is 5.84. The van der Waals surface area contributed by atoms with Crippen LogP contribution in [0.4, 0.5) is 5.69 Å². The fourth-order valence-corrected chi connectivity index (χ4v) is 3.67. The van der Waals surface area contributed by atoms with Crippen LogP contribution in [0.5, 0.6) is 0 Å². The lowest BCUT2D eigenvalue weighted by Crippen LogP contribution is -2.39. The Bertz CT molecular complexity index is 652. The first-order valence-corrected chi connectivity index (χ1v) is 8.88. The molecule has 1 heterocycles. The summed E-state index contributed by atoms with van der Waals surface area (Å²) >= 11 is 0. The molecule has 1 saturated heterocycles. The quantitative estimate of drug-likeness (QED) is 0.748. The van der Waals surface area contributed by atoms with Crippen molar-refractivity contribution < 1.29 is 9.59 Å². The molecule has 2 rings (SSSR count). The normalized spacial score (nSPS) is 22.6. The van der Waals surface area contributed by atoms with Gasteiger partial charge in [0.1, 0.15) is 0 Å². The first-order chi connectivity index (χ1) is 10.9. The van der Waals surface area contributed by atoms with Crippen LogP contribution < -0.4 is 4.90 Å². The highest BCUT2D eigenvalue weighted by atomic mass is 16.2. The van der Waals surface area contributed by atoms with E-state index in [0.717, 1.165) is 11.3 Å². The van der Waals surface area contributed by atoms with Crippen molar-refractivity contribution in [2.24, 2.45) is 23.2 Å². The Hall–Kier alpha value is -1.64. The maximum absolute atomic E-state index is 13.3. The average molecular weight is 329 g/mol. The van der Waals surface area contributed by atoms with Gasteiger partial charge in [-0.25, -0.2) is 4.90 Å². The van der Waals surface area contributed by atoms with Crippen molar-refractivity contribution in [1.29, 1.82) is 0 Å². The van der Waals surface area contributed by atoms with E-state index in [1.807, 2.05) is 31.2 Å². The Kier molecular flexibility index (Phi) is 4.69. The molecule has 1 aliphatic heterocycles. The van der Waals surface area contributed by atoms with Gasteiger partial charge in [0.15, 0.2) is 0 Å². The van der Waals surface area contributed by atoms with E-state index in [1.165, 1.54) is 4.90 Å². The molecule has 1 aromatic rings. The summed E-state index contributed by atoms with van der Waals surface area (Å²) < 4.78 is 0. The molecule has 0 aromatic heterocycles. The zero-order valence-electron chi connectivity index (χ0n) is 16.3. The van der Waals surface area contributed by atoms with E-state index in [-0.39, 0.29) is 34.5 Å². The summed E-state index contributed by atoms with van der Waals surface area (Å²) in [6.45, 7) is 16.7. The standard InChI is InChI=1S/C21H31NO2/c1-13(2)21(7,8)17-14(3)18(23)22(19(17)24)16-12-10-9-11-15(16)20(4,5)6/h9-14,17H,1-8H3/t14?,17-/m0/s1. The molecule has 24 heavy (non-hydrogen) atoms. The number of amides is 2. The van der Waals surface area contributed by atoms with Gasteiger partial charge < -0.3 is 0 Å². The van der Waals surface area contributed by atoms with E-state index in [0.29, 0.717) is 5.92 Å². The lowest BCUT2D eigenvalue weighted by atomic mass is 9.67. The lowest BCUT2D eigenvalue weighted by molar-refractivity contribution is -0.125. The highest BCUT2D eigenvalue weighted by Gasteiger charge is 2.53. The van der Waals surface area contributed by atoms with E-state index >= 15 is 0 Å². The second kappa shape index (κ2) is 6.02. The van der Waals surface area contributed by atoms with Gasteiger partial charge in [-0.2, -0.15) is 0 Å². The smallest absolute Gasteiger partial charge is 0.238 e. The first kappa shape index (κ1) is 18.7. The van der Waals surface area contributed by atoms with Gasteiger partial charge in [-0.1, -0.05) is 73.6 Å². The molecule has 0 aliphatic carbocycles. The van der Waals surface area contributed by atoms with Crippen LogP contribution in [0, 0.1) is 23.2 Å². The average Bonchev–Trinajstić information content (AvgIpc) is 2.68. The summed E-state index contributed by atoms with van der Waals surface area (Å²) in [5.74, 6) is -0.376. The number of hydrogen-bond donors (Lipinski definition) is 0. The SMILES string of the molecule is CC1C(=O)N(c2ccccc2C(C)(C)C)C(=O)[C@H]1C(C)(C)C(C)C. The van der Waals surface area contributed by atoms with Gasteiger partial charge in [0.25, 0.3) is 0 Å². The number of hydrogen-bond acceptors (Lipinski definition) is 2. The fraction of sp³-hybridized carbons (Fsp3) is 0.619. The second-order valence-corrected chi connectivity index (χ2v) is 9.02. The fourth-order valence-electron chi connectivity index (χ4n) is 3.67. The second-order valence-electron chi connectivity index (χ2n) is 9.02. The van der Waals surface area contributed by atoms with Crippen LogP contribution in [-0.4, -0.2) is 11.8 Å². The van der Waals surface area contributed by atoms with Crippen molar-refractivity contribution in [3.63, 3.8) is 0 Å². The van der Waals surface area contributed by atoms with Crippen molar-refractivity contribution in [2.75, 3.05) is 4.90 Å². The van der Waals surface area contributed by atoms with E-state index in [2.05, 4.69) is 48.5 Å². The number of nitrogens with zero attached hydrogens (tertiary/aromatic N) is 1. The van der Waals surface area contributed by atoms with Crippen LogP contribution in [-0.2, 0) is 15.0 Å². The van der Waals surface area contributed by atoms with Gasteiger partial charge in [0.2, 0.25) is 11.8 Å². The summed E-state index contributed by atoms with van der Waals surface area (Å²) in [6.07, 6.45) is 0. The molecule has 0 N–H and O–H groups in total. The van der Waals surface area contributed by atoms with Gasteiger partial charge in [-0.15, -0.1) is 0 Å². The maximum Gasteiger partial charge on any atom is 0.238 e. The minimum atomic E-state index is -0.289. The molecule has 1 fully saturated rings. The Morgan fingerprint density at radius 1 is 0.958 bits per heavy atom. The largest absolute Gasteiger partial charge is 0.274 e. The number of imide groups is 1. The van der Waals surface area contributed by atoms with Crippen LogP contribution >= 0.6 is 0 Å². The molecule has 2 amide bonds. The van der Waals surface area contributed by atoms with Gasteiger partial charge in [0, 0.05) is 5.92 Å². The molecular weight excluding hydrogens is 298 g/mol. The van der Waals surface area contributed by atoms with E-state index < -0.39 is 0 Å². The number of carbonyl (C=O) groups is 2. The molecule has 0 radical (unpaired) electrons. The molecule has 2 atom stereocenters. The van der Waals surface area contributed by atoms with Crippen LogP contribution in [0.15, 0.2) is 24.3 Å². The van der Waals surface area contributed by atoms with Crippen LogP contribution in [0.25, 0.3) is 0 Å². The van der Waals surface area contributed by atoms with Crippen molar-refractivity contribution in [3.8, 4) is 0 Å². The lowest BCUT2D eigenvalue weighted by Gasteiger charge is -2.36. The minimum Gasteiger partial charge on any atom is -0.274 e. The third kappa shape index (κ3) is 2.89. The Balaban J connectivity index is 2.55. The summed E-state index contributed by atoms with van der Waals surface area (Å²) in [5, 5.41) is 0. The predicted octanol–water partition coefficient (Wildman–Crippen LogP) is 4.79. The summed E-state index contributed by atoms with van der Waals surface area (Å²) in [5.41, 5.74) is 1.42. The van der Waals surface area contributed by atoms with Gasteiger partial charge >= 0.3 is 0 Å². The van der Waals surface area contributed by atoms with E-state index in [4.69, 9.17) is 0 Å². The number of para-hydroxylation sites is 1. The molecule has 3 heteroatoms. The van der Waals surface area contributed by atoms with Crippen LogP contribution in [0.2, 0.25) is 0 Å². The predicted molar refractivity (Wildman–Crippen MR) is 98.9 cm³/mol. The van der Waals surface area contributed by atoms with Crippen molar-refractivity contribution in [2.45, 2.75) is 60.8 Å². The molecule has 1 aromatic carbocycles. The molecular formula is C21H31NO2. The van der Waals surface area contributed by atoms with Crippen molar-refractivity contribution in [1.82, 2.24) is 0 Å². The molecule has 1 unspecified atom stereocenters. The number of anilines is 1. The number of rotatable bonds is 3. The highest BCUT2D eigenvalue weighted by Crippen LogP contribution is 2.46. The van der Waals surface area contributed by atoms with Gasteiger partial charge in [-0.3, -0.25) is 9.59 Å². The zero-order chi connectivity index (χ0) is 18.4. The summed E-state index contributed by atoms with van der Waals surface area (Å²) in [6, 6.07) is 7.78. The van der Waals surface area contributed by atoms with Gasteiger partial charge in [-0.05, 0) is 28.4 Å². The van der Waals surface area contributed by atoms with Gasteiger partial charge in [0.05, 0.1) is 11.6 Å². The monoisotopic (exact) mass is 329 g/mol. The molecule has 132 valence electrons. The van der Waals surface area contributed by atoms with Crippen LogP contribution in [0.1, 0.15) is 61.0 Å². The maximum atomic E-state index is 13.3. The van der Waals surface area contributed by atoms with E-state index in [1.54, 1.807) is 0 Å². The van der Waals surface area contributed by atoms with Crippen molar-refractivity contribution >= 4 is 17.5 Å². The van der Waals surface area contributed by atoms with E-state index in [9.17, 15) is 9.59 Å². The Labute approximate surface area is 146 Å². The van der Waals surface area contributed by atoms with Crippen LogP contribution in [0.3, 0.4) is 0 Å². The van der Waals surface area contributed by atoms with Crippen molar-refractivity contribution in [3.05, 3.63) is 29.8 Å². The number of benzene rings is 1. The zero-order valence-corrected chi connectivity index (χ0v) is 16.3. The topological polar surface area (TPSA) is 37.4 Å². The summed E-state index contributed by atoms with van der Waals surface area (Å²) in [4.78, 5) is 27.7. The third-order valence-corrected chi connectivity index (χ3v) is 5.84. The Morgan fingerprint density at radius 3 is 2.00 bits per heavy atom. The minimum absolute atomic E-state index is 0.0529. The molecule has 0 bridgehead atoms. The molecule has 3 nitrogen and oxygen atoms in total. The highest BCUT2D eigenvalue weighted by molar-refractivity contribution is 6.22. The first-order valence-electron chi connectivity index (χ1n) is 8.88.